The van der Waals surface area contributed by atoms with Crippen molar-refractivity contribution in [1.29, 1.82) is 0 Å². The summed E-state index contributed by atoms with van der Waals surface area (Å²) in [4.78, 5) is 0.118. The van der Waals surface area contributed by atoms with Crippen LogP contribution in [-0.4, -0.2) is 57.0 Å². The number of aliphatic hydroxyl groups is 1. The summed E-state index contributed by atoms with van der Waals surface area (Å²) >= 11 is 0. The lowest BCUT2D eigenvalue weighted by molar-refractivity contribution is -0.239. The largest absolute Gasteiger partial charge is 0.389 e. The lowest BCUT2D eigenvalue weighted by Gasteiger charge is -2.45. The summed E-state index contributed by atoms with van der Waals surface area (Å²) in [5.74, 6) is 0. The number of rotatable bonds is 12. The van der Waals surface area contributed by atoms with Crippen molar-refractivity contribution in [1.82, 2.24) is 5.32 Å². The number of nitrogens with one attached hydrogen (secondary N) is 1. The van der Waals surface area contributed by atoms with E-state index in [-0.39, 0.29) is 11.5 Å². The standard InChI is InChI=1S/C40H41NO6S/c1-29-23-25-34(26-24-29)48(43,44)38-36(41-27-30-15-7-3-8-16-30)39(45-2)47-35(37(38)42)28-46-40(31-17-9-4-10-18-31,32-19-11-5-12-20-32)33-21-13-6-14-22-33/h3-26,35-39,41-42H,27-28H2,1-2H3/t35-,36-,37-,38-,39+/m1/s1. The quantitative estimate of drug-likeness (QED) is 0.157. The van der Waals surface area contributed by atoms with Crippen molar-refractivity contribution in [2.75, 3.05) is 13.7 Å². The Morgan fingerprint density at radius 1 is 0.729 bits per heavy atom. The van der Waals surface area contributed by atoms with Gasteiger partial charge in [0.05, 0.1) is 17.5 Å². The molecule has 0 spiro atoms. The molecule has 1 aliphatic rings. The fraction of sp³-hybridized carbons (Fsp3) is 0.250. The maximum atomic E-state index is 14.5. The predicted molar refractivity (Wildman–Crippen MR) is 186 cm³/mol. The van der Waals surface area contributed by atoms with Crippen molar-refractivity contribution in [2.45, 2.75) is 53.8 Å². The van der Waals surface area contributed by atoms with Crippen LogP contribution in [0.3, 0.4) is 0 Å². The Kier molecular flexibility index (Phi) is 10.5. The molecule has 0 bridgehead atoms. The van der Waals surface area contributed by atoms with Crippen molar-refractivity contribution in [3.63, 3.8) is 0 Å². The summed E-state index contributed by atoms with van der Waals surface area (Å²) in [7, 11) is -2.61. The Morgan fingerprint density at radius 2 is 1.21 bits per heavy atom. The Labute approximate surface area is 283 Å². The van der Waals surface area contributed by atoms with Gasteiger partial charge < -0.3 is 24.6 Å². The number of methoxy groups -OCH3 is 1. The highest BCUT2D eigenvalue weighted by Crippen LogP contribution is 2.41. The molecule has 248 valence electrons. The summed E-state index contributed by atoms with van der Waals surface area (Å²) in [5, 5.41) is 14.1. The Hall–Kier alpha value is -4.15. The first-order valence-electron chi connectivity index (χ1n) is 16.1. The van der Waals surface area contributed by atoms with E-state index in [1.165, 1.54) is 7.11 Å². The van der Waals surface area contributed by atoms with Crippen LogP contribution < -0.4 is 5.32 Å². The molecule has 8 heteroatoms. The van der Waals surface area contributed by atoms with Crippen LogP contribution in [-0.2, 0) is 36.2 Å². The van der Waals surface area contributed by atoms with Crippen LogP contribution in [0.15, 0.2) is 150 Å². The fourth-order valence-electron chi connectivity index (χ4n) is 6.54. The van der Waals surface area contributed by atoms with Crippen molar-refractivity contribution in [3.05, 3.63) is 173 Å². The normalized spacial score (nSPS) is 21.5. The van der Waals surface area contributed by atoms with Crippen LogP contribution in [0.1, 0.15) is 27.8 Å². The average Bonchev–Trinajstić information content (AvgIpc) is 3.13. The van der Waals surface area contributed by atoms with Gasteiger partial charge in [-0.1, -0.05) is 139 Å². The predicted octanol–water partition coefficient (Wildman–Crippen LogP) is 6.04. The summed E-state index contributed by atoms with van der Waals surface area (Å²) in [5.41, 5.74) is 3.42. The molecular weight excluding hydrogens is 623 g/mol. The molecule has 0 unspecified atom stereocenters. The lowest BCUT2D eigenvalue weighted by Crippen LogP contribution is -2.66. The minimum Gasteiger partial charge on any atom is -0.389 e. The lowest BCUT2D eigenvalue weighted by atomic mass is 9.80. The minimum atomic E-state index is -4.10. The van der Waals surface area contributed by atoms with Crippen LogP contribution in [0.25, 0.3) is 0 Å². The molecule has 1 aliphatic heterocycles. The van der Waals surface area contributed by atoms with E-state index in [0.29, 0.717) is 6.54 Å². The van der Waals surface area contributed by atoms with Crippen molar-refractivity contribution in [2.24, 2.45) is 0 Å². The van der Waals surface area contributed by atoms with E-state index in [0.717, 1.165) is 27.8 Å². The molecule has 0 amide bonds. The molecule has 5 aromatic carbocycles. The highest BCUT2D eigenvalue weighted by molar-refractivity contribution is 7.92. The maximum Gasteiger partial charge on any atom is 0.185 e. The molecule has 48 heavy (non-hydrogen) atoms. The second-order valence-electron chi connectivity index (χ2n) is 12.1. The molecule has 5 aromatic rings. The van der Waals surface area contributed by atoms with Crippen LogP contribution >= 0.6 is 0 Å². The van der Waals surface area contributed by atoms with E-state index in [1.54, 1.807) is 24.3 Å². The molecule has 1 saturated heterocycles. The molecule has 0 saturated carbocycles. The van der Waals surface area contributed by atoms with E-state index in [9.17, 15) is 13.5 Å². The van der Waals surface area contributed by atoms with E-state index in [2.05, 4.69) is 5.32 Å². The molecule has 5 atom stereocenters. The molecule has 0 aliphatic carbocycles. The van der Waals surface area contributed by atoms with E-state index in [4.69, 9.17) is 14.2 Å². The zero-order chi connectivity index (χ0) is 33.6. The van der Waals surface area contributed by atoms with Crippen LogP contribution in [0.5, 0.6) is 0 Å². The third-order valence-corrected chi connectivity index (χ3v) is 11.2. The zero-order valence-electron chi connectivity index (χ0n) is 27.1. The third-order valence-electron chi connectivity index (χ3n) is 9.00. The van der Waals surface area contributed by atoms with Gasteiger partial charge in [-0.05, 0) is 41.3 Å². The molecule has 2 N–H and O–H groups in total. The van der Waals surface area contributed by atoms with Gasteiger partial charge in [-0.15, -0.1) is 0 Å². The fourth-order valence-corrected chi connectivity index (χ4v) is 8.52. The van der Waals surface area contributed by atoms with Crippen LogP contribution in [0.2, 0.25) is 0 Å². The summed E-state index contributed by atoms with van der Waals surface area (Å²) in [6, 6.07) is 45.1. The molecule has 1 fully saturated rings. The molecule has 1 heterocycles. The van der Waals surface area contributed by atoms with Crippen molar-refractivity contribution >= 4 is 9.84 Å². The highest BCUT2D eigenvalue weighted by Gasteiger charge is 2.53. The number of benzene rings is 5. The van der Waals surface area contributed by atoms with E-state index in [1.807, 2.05) is 128 Å². The van der Waals surface area contributed by atoms with Gasteiger partial charge in [0.2, 0.25) is 0 Å². The van der Waals surface area contributed by atoms with E-state index < -0.39 is 45.2 Å². The third kappa shape index (κ3) is 6.87. The SMILES string of the molecule is CO[C@H]1O[C@H](COC(c2ccccc2)(c2ccccc2)c2ccccc2)[C@@H](O)[C@H](S(=O)(=O)c2ccc(C)cc2)[C@H]1NCc1ccccc1. The van der Waals surface area contributed by atoms with Gasteiger partial charge in [-0.25, -0.2) is 8.42 Å². The summed E-state index contributed by atoms with van der Waals surface area (Å²) in [6.07, 6.45) is -3.52. The number of hydrogen-bond acceptors (Lipinski definition) is 7. The first-order chi connectivity index (χ1) is 23.3. The van der Waals surface area contributed by atoms with Crippen molar-refractivity contribution in [3.8, 4) is 0 Å². The molecule has 0 aromatic heterocycles. The maximum absolute atomic E-state index is 14.5. The van der Waals surface area contributed by atoms with Gasteiger partial charge in [-0.3, -0.25) is 0 Å². The number of sulfone groups is 1. The molecule has 6 rings (SSSR count). The van der Waals surface area contributed by atoms with Crippen molar-refractivity contribution < 1.29 is 27.7 Å². The van der Waals surface area contributed by atoms with E-state index >= 15 is 0 Å². The van der Waals surface area contributed by atoms with Gasteiger partial charge in [0, 0.05) is 13.7 Å². The second kappa shape index (κ2) is 15.0. The van der Waals surface area contributed by atoms with Gasteiger partial charge in [0.15, 0.2) is 16.1 Å². The van der Waals surface area contributed by atoms with Crippen LogP contribution in [0.4, 0.5) is 0 Å². The molecule has 0 radical (unpaired) electrons. The van der Waals surface area contributed by atoms with Crippen LogP contribution in [0, 0.1) is 6.92 Å². The Balaban J connectivity index is 1.40. The minimum absolute atomic E-state index is 0.118. The first kappa shape index (κ1) is 33.7. The monoisotopic (exact) mass is 663 g/mol. The number of aliphatic hydroxyl groups excluding tert-OH is 1. The summed E-state index contributed by atoms with van der Waals surface area (Å²) in [6.45, 7) is 2.11. The number of hydrogen-bond donors (Lipinski definition) is 2. The average molecular weight is 664 g/mol. The van der Waals surface area contributed by atoms with Gasteiger partial charge in [-0.2, -0.15) is 0 Å². The molecule has 7 nitrogen and oxygen atoms in total. The molecular formula is C40H41NO6S. The van der Waals surface area contributed by atoms with Gasteiger partial charge in [0.25, 0.3) is 0 Å². The van der Waals surface area contributed by atoms with Gasteiger partial charge in [0.1, 0.15) is 23.1 Å². The zero-order valence-corrected chi connectivity index (χ0v) is 27.9. The second-order valence-corrected chi connectivity index (χ2v) is 14.2. The first-order valence-corrected chi connectivity index (χ1v) is 17.6. The smallest absolute Gasteiger partial charge is 0.185 e. The topological polar surface area (TPSA) is 94.1 Å². The highest BCUT2D eigenvalue weighted by atomic mass is 32.2. The van der Waals surface area contributed by atoms with Gasteiger partial charge >= 0.3 is 0 Å². The number of ether oxygens (including phenoxy) is 3. The Bertz CT molecular complexity index is 1740. The summed E-state index contributed by atoms with van der Waals surface area (Å²) < 4.78 is 48.1. The number of aryl methyl sites for hydroxylation is 1. The Morgan fingerprint density at radius 3 is 1.69 bits per heavy atom.